The van der Waals surface area contributed by atoms with E-state index in [0.717, 1.165) is 49.1 Å². The fourth-order valence-corrected chi connectivity index (χ4v) is 3.89. The third-order valence-electron chi connectivity index (χ3n) is 5.47. The molecule has 0 radical (unpaired) electrons. The van der Waals surface area contributed by atoms with E-state index in [0.29, 0.717) is 11.5 Å². The van der Waals surface area contributed by atoms with Crippen LogP contribution in [0, 0.1) is 5.92 Å². The Balaban J connectivity index is 1.27. The number of aromatic nitrogens is 1. The summed E-state index contributed by atoms with van der Waals surface area (Å²) in [6.45, 7) is 0.719. The Kier molecular flexibility index (Phi) is 5.76. The third-order valence-corrected chi connectivity index (χ3v) is 5.47. The van der Waals surface area contributed by atoms with E-state index in [1.54, 1.807) is 6.20 Å². The molecular formula is C24H26N2O2. The lowest BCUT2D eigenvalue weighted by Crippen LogP contribution is -2.33. The van der Waals surface area contributed by atoms with Crippen LogP contribution in [0.4, 0.5) is 0 Å². The first-order chi connectivity index (χ1) is 13.8. The van der Waals surface area contributed by atoms with Crippen LogP contribution in [0.1, 0.15) is 36.0 Å². The van der Waals surface area contributed by atoms with Crippen molar-refractivity contribution in [3.05, 3.63) is 78.6 Å². The van der Waals surface area contributed by atoms with Gasteiger partial charge in [-0.3, -0.25) is 4.79 Å². The first kappa shape index (κ1) is 18.4. The van der Waals surface area contributed by atoms with E-state index in [9.17, 15) is 4.79 Å². The van der Waals surface area contributed by atoms with Gasteiger partial charge in [-0.15, -0.1) is 0 Å². The summed E-state index contributed by atoms with van der Waals surface area (Å²) in [5, 5.41) is 3.13. The highest BCUT2D eigenvalue weighted by molar-refractivity contribution is 6.00. The van der Waals surface area contributed by atoms with Gasteiger partial charge in [-0.1, -0.05) is 48.5 Å². The summed E-state index contributed by atoms with van der Waals surface area (Å²) in [5.74, 6) is 1.45. The molecule has 1 aliphatic carbocycles. The van der Waals surface area contributed by atoms with Crippen molar-refractivity contribution in [3.63, 3.8) is 0 Å². The molecule has 28 heavy (non-hydrogen) atoms. The molecule has 1 aliphatic rings. The van der Waals surface area contributed by atoms with E-state index >= 15 is 0 Å². The fraction of sp³-hybridized carbons (Fsp3) is 0.292. The highest BCUT2D eigenvalue weighted by atomic mass is 16.5. The van der Waals surface area contributed by atoms with Gasteiger partial charge in [0.05, 0.1) is 11.7 Å². The van der Waals surface area contributed by atoms with Crippen LogP contribution in [0.5, 0.6) is 5.75 Å². The van der Waals surface area contributed by atoms with Gasteiger partial charge >= 0.3 is 0 Å². The van der Waals surface area contributed by atoms with E-state index in [1.165, 1.54) is 0 Å². The van der Waals surface area contributed by atoms with Crippen molar-refractivity contribution in [2.24, 2.45) is 5.92 Å². The van der Waals surface area contributed by atoms with Gasteiger partial charge in [0.25, 0.3) is 5.91 Å². The maximum absolute atomic E-state index is 12.7. The standard InChI is InChI=1S/C24H26N2O2/c27-24(23-17-25-16-22(23)19-7-3-1-4-8-19)26-15-18-11-13-21(14-12-18)28-20-9-5-2-6-10-20/h1-10,16-18,21,25H,11-15H2,(H,26,27). The number of hydrogen-bond donors (Lipinski definition) is 2. The number of ether oxygens (including phenoxy) is 1. The molecule has 1 heterocycles. The molecule has 0 aliphatic heterocycles. The number of para-hydroxylation sites is 1. The number of H-pyrrole nitrogens is 1. The van der Waals surface area contributed by atoms with Crippen LogP contribution in [0.3, 0.4) is 0 Å². The molecule has 4 heteroatoms. The van der Waals surface area contributed by atoms with Crippen molar-refractivity contribution >= 4 is 5.91 Å². The van der Waals surface area contributed by atoms with Gasteiger partial charge in [0.1, 0.15) is 5.75 Å². The number of carbonyl (C=O) groups excluding carboxylic acids is 1. The lowest BCUT2D eigenvalue weighted by Gasteiger charge is -2.29. The van der Waals surface area contributed by atoms with Crippen molar-refractivity contribution < 1.29 is 9.53 Å². The third kappa shape index (κ3) is 4.45. The van der Waals surface area contributed by atoms with Gasteiger partial charge in [0.15, 0.2) is 0 Å². The number of amides is 1. The molecule has 0 bridgehead atoms. The minimum atomic E-state index is -0.0113. The average Bonchev–Trinajstić information content (AvgIpc) is 3.24. The maximum atomic E-state index is 12.7. The Morgan fingerprint density at radius 3 is 2.32 bits per heavy atom. The Bertz CT molecular complexity index is 881. The van der Waals surface area contributed by atoms with Crippen molar-refractivity contribution in [1.82, 2.24) is 10.3 Å². The molecule has 2 aromatic carbocycles. The van der Waals surface area contributed by atoms with Crippen molar-refractivity contribution in [2.75, 3.05) is 6.54 Å². The van der Waals surface area contributed by atoms with E-state index in [2.05, 4.69) is 10.3 Å². The lowest BCUT2D eigenvalue weighted by molar-refractivity contribution is 0.0929. The van der Waals surface area contributed by atoms with Crippen LogP contribution in [0.2, 0.25) is 0 Å². The highest BCUT2D eigenvalue weighted by Gasteiger charge is 2.23. The second-order valence-electron chi connectivity index (χ2n) is 7.43. The lowest BCUT2D eigenvalue weighted by atomic mass is 9.87. The molecule has 4 nitrogen and oxygen atoms in total. The smallest absolute Gasteiger partial charge is 0.253 e. The summed E-state index contributed by atoms with van der Waals surface area (Å²) >= 11 is 0. The Morgan fingerprint density at radius 1 is 0.929 bits per heavy atom. The molecule has 1 amide bonds. The minimum absolute atomic E-state index is 0.0113. The van der Waals surface area contributed by atoms with Crippen molar-refractivity contribution in [1.29, 1.82) is 0 Å². The van der Waals surface area contributed by atoms with Crippen molar-refractivity contribution in [3.8, 4) is 16.9 Å². The van der Waals surface area contributed by atoms with Gasteiger partial charge in [0, 0.05) is 24.5 Å². The minimum Gasteiger partial charge on any atom is -0.490 e. The van der Waals surface area contributed by atoms with Crippen LogP contribution in [-0.2, 0) is 0 Å². The van der Waals surface area contributed by atoms with Crippen LogP contribution in [0.25, 0.3) is 11.1 Å². The molecule has 4 rings (SSSR count). The Morgan fingerprint density at radius 2 is 1.61 bits per heavy atom. The first-order valence-electron chi connectivity index (χ1n) is 10.0. The Hall–Kier alpha value is -3.01. The Labute approximate surface area is 165 Å². The summed E-state index contributed by atoms with van der Waals surface area (Å²) in [7, 11) is 0. The van der Waals surface area contributed by atoms with E-state index in [-0.39, 0.29) is 12.0 Å². The van der Waals surface area contributed by atoms with Gasteiger partial charge < -0.3 is 15.0 Å². The molecule has 1 saturated carbocycles. The van der Waals surface area contributed by atoms with Gasteiger partial charge in [-0.05, 0) is 49.3 Å². The predicted octanol–water partition coefficient (Wildman–Crippen LogP) is 5.05. The molecule has 144 valence electrons. The van der Waals surface area contributed by atoms with Crippen LogP contribution >= 0.6 is 0 Å². The SMILES string of the molecule is O=C(NCC1CCC(Oc2ccccc2)CC1)c1c[nH]cc1-c1ccccc1. The van der Waals surface area contributed by atoms with Crippen LogP contribution in [0.15, 0.2) is 73.1 Å². The molecular weight excluding hydrogens is 348 g/mol. The largest absolute Gasteiger partial charge is 0.490 e. The number of aromatic amines is 1. The molecule has 0 unspecified atom stereocenters. The quantitative estimate of drug-likeness (QED) is 0.634. The second kappa shape index (κ2) is 8.79. The second-order valence-corrected chi connectivity index (χ2v) is 7.43. The summed E-state index contributed by atoms with van der Waals surface area (Å²) < 4.78 is 6.06. The van der Waals surface area contributed by atoms with Crippen LogP contribution < -0.4 is 10.1 Å². The first-order valence-corrected chi connectivity index (χ1v) is 10.0. The van der Waals surface area contributed by atoms with Gasteiger partial charge in [0.2, 0.25) is 0 Å². The monoisotopic (exact) mass is 374 g/mol. The van der Waals surface area contributed by atoms with Gasteiger partial charge in [-0.25, -0.2) is 0 Å². The molecule has 2 N–H and O–H groups in total. The fourth-order valence-electron chi connectivity index (χ4n) is 3.89. The van der Waals surface area contributed by atoms with E-state index < -0.39 is 0 Å². The summed E-state index contributed by atoms with van der Waals surface area (Å²) in [4.78, 5) is 15.8. The molecule has 1 fully saturated rings. The zero-order valence-corrected chi connectivity index (χ0v) is 15.9. The topological polar surface area (TPSA) is 54.1 Å². The number of benzene rings is 2. The molecule has 0 saturated heterocycles. The zero-order valence-electron chi connectivity index (χ0n) is 15.9. The number of nitrogens with one attached hydrogen (secondary N) is 2. The number of carbonyl (C=O) groups is 1. The predicted molar refractivity (Wildman–Crippen MR) is 111 cm³/mol. The van der Waals surface area contributed by atoms with E-state index in [1.807, 2.05) is 66.9 Å². The molecule has 0 spiro atoms. The molecule has 0 atom stereocenters. The molecule has 3 aromatic rings. The van der Waals surface area contributed by atoms with Crippen molar-refractivity contribution in [2.45, 2.75) is 31.8 Å². The summed E-state index contributed by atoms with van der Waals surface area (Å²) in [5.41, 5.74) is 2.69. The zero-order chi connectivity index (χ0) is 19.2. The molecule has 1 aromatic heterocycles. The number of rotatable bonds is 6. The normalized spacial score (nSPS) is 19.1. The van der Waals surface area contributed by atoms with Crippen LogP contribution in [-0.4, -0.2) is 23.5 Å². The summed E-state index contributed by atoms with van der Waals surface area (Å²) in [6.07, 6.45) is 8.18. The highest BCUT2D eigenvalue weighted by Crippen LogP contribution is 2.28. The summed E-state index contributed by atoms with van der Waals surface area (Å²) in [6, 6.07) is 20.0. The number of hydrogen-bond acceptors (Lipinski definition) is 2. The van der Waals surface area contributed by atoms with E-state index in [4.69, 9.17) is 4.74 Å². The maximum Gasteiger partial charge on any atom is 0.253 e. The average molecular weight is 374 g/mol. The van der Waals surface area contributed by atoms with Gasteiger partial charge in [-0.2, -0.15) is 0 Å².